The van der Waals surface area contributed by atoms with E-state index in [1.807, 2.05) is 7.05 Å². The molecule has 2 rings (SSSR count). The van der Waals surface area contributed by atoms with Crippen LogP contribution < -0.4 is 5.32 Å². The molecular formula is C13H18N2. The molecule has 0 fully saturated rings. The zero-order valence-corrected chi connectivity index (χ0v) is 9.65. The molecule has 2 aromatic rings. The first kappa shape index (κ1) is 10.2. The topological polar surface area (TPSA) is 27.8 Å². The number of nitrogens with one attached hydrogen (secondary N) is 2. The Balaban J connectivity index is 2.67. The molecule has 0 atom stereocenters. The van der Waals surface area contributed by atoms with Gasteiger partial charge in [-0.05, 0) is 31.5 Å². The molecule has 0 aliphatic heterocycles. The van der Waals surface area contributed by atoms with Crippen molar-refractivity contribution in [2.45, 2.75) is 26.8 Å². The molecule has 15 heavy (non-hydrogen) atoms. The molecule has 0 aliphatic rings. The van der Waals surface area contributed by atoms with E-state index in [0.717, 1.165) is 13.0 Å². The number of para-hydroxylation sites is 1. The van der Waals surface area contributed by atoms with Gasteiger partial charge in [-0.2, -0.15) is 0 Å². The van der Waals surface area contributed by atoms with Gasteiger partial charge in [0.15, 0.2) is 0 Å². The van der Waals surface area contributed by atoms with Gasteiger partial charge in [-0.3, -0.25) is 0 Å². The molecule has 0 saturated heterocycles. The number of H-pyrrole nitrogens is 1. The van der Waals surface area contributed by atoms with Crippen LogP contribution >= 0.6 is 0 Å². The van der Waals surface area contributed by atoms with Gasteiger partial charge >= 0.3 is 0 Å². The predicted molar refractivity (Wildman–Crippen MR) is 65.2 cm³/mol. The fourth-order valence-corrected chi connectivity index (χ4v) is 2.16. The van der Waals surface area contributed by atoms with E-state index in [1.54, 1.807) is 0 Å². The number of aryl methyl sites for hydroxylation is 2. The van der Waals surface area contributed by atoms with Crippen LogP contribution in [-0.4, -0.2) is 12.0 Å². The molecule has 1 heterocycles. The Kier molecular flexibility index (Phi) is 2.78. The van der Waals surface area contributed by atoms with Crippen LogP contribution in [0, 0.1) is 6.92 Å². The standard InChI is InChI=1S/C13H18N2/c1-4-10-6-5-7-11-12(8-14-3)9(2)15-13(10)11/h5-7,14-15H,4,8H2,1-3H3. The minimum atomic E-state index is 0.930. The highest BCUT2D eigenvalue weighted by molar-refractivity contribution is 5.87. The fraction of sp³-hybridized carbons (Fsp3) is 0.385. The van der Waals surface area contributed by atoms with Crippen LogP contribution in [0.1, 0.15) is 23.7 Å². The van der Waals surface area contributed by atoms with Gasteiger partial charge in [0.25, 0.3) is 0 Å². The molecule has 0 radical (unpaired) electrons. The van der Waals surface area contributed by atoms with E-state index in [1.165, 1.54) is 27.7 Å². The molecular weight excluding hydrogens is 184 g/mol. The van der Waals surface area contributed by atoms with Crippen molar-refractivity contribution in [3.05, 3.63) is 35.0 Å². The molecule has 0 amide bonds. The van der Waals surface area contributed by atoms with E-state index in [9.17, 15) is 0 Å². The highest BCUT2D eigenvalue weighted by atomic mass is 14.8. The molecule has 0 saturated carbocycles. The molecule has 2 N–H and O–H groups in total. The first-order chi connectivity index (χ1) is 7.27. The third-order valence-corrected chi connectivity index (χ3v) is 2.98. The lowest BCUT2D eigenvalue weighted by molar-refractivity contribution is 0.817. The van der Waals surface area contributed by atoms with Gasteiger partial charge in [-0.25, -0.2) is 0 Å². The fourth-order valence-electron chi connectivity index (χ4n) is 2.16. The van der Waals surface area contributed by atoms with Crippen molar-refractivity contribution in [2.24, 2.45) is 0 Å². The van der Waals surface area contributed by atoms with Crippen LogP contribution in [0.3, 0.4) is 0 Å². The normalized spacial score (nSPS) is 11.1. The predicted octanol–water partition coefficient (Wildman–Crippen LogP) is 2.76. The lowest BCUT2D eigenvalue weighted by Crippen LogP contribution is -2.05. The molecule has 0 unspecified atom stereocenters. The first-order valence-corrected chi connectivity index (χ1v) is 5.51. The van der Waals surface area contributed by atoms with Gasteiger partial charge in [0.2, 0.25) is 0 Å². The van der Waals surface area contributed by atoms with E-state index in [-0.39, 0.29) is 0 Å². The number of rotatable bonds is 3. The quantitative estimate of drug-likeness (QED) is 0.787. The van der Waals surface area contributed by atoms with E-state index >= 15 is 0 Å². The van der Waals surface area contributed by atoms with Crippen molar-refractivity contribution in [1.82, 2.24) is 10.3 Å². The maximum atomic E-state index is 3.49. The molecule has 2 heteroatoms. The van der Waals surface area contributed by atoms with Crippen LogP contribution in [0.15, 0.2) is 18.2 Å². The summed E-state index contributed by atoms with van der Waals surface area (Å²) in [6.45, 7) is 5.27. The van der Waals surface area contributed by atoms with Crippen LogP contribution in [0.2, 0.25) is 0 Å². The van der Waals surface area contributed by atoms with E-state index in [2.05, 4.69) is 42.3 Å². The number of aromatic amines is 1. The van der Waals surface area contributed by atoms with Crippen molar-refractivity contribution in [3.63, 3.8) is 0 Å². The minimum absolute atomic E-state index is 0.930. The lowest BCUT2D eigenvalue weighted by atomic mass is 10.1. The Labute approximate surface area is 90.7 Å². The Morgan fingerprint density at radius 3 is 2.80 bits per heavy atom. The molecule has 0 spiro atoms. The molecule has 1 aromatic heterocycles. The highest BCUT2D eigenvalue weighted by Crippen LogP contribution is 2.25. The number of fused-ring (bicyclic) bond motifs is 1. The van der Waals surface area contributed by atoms with Crippen molar-refractivity contribution < 1.29 is 0 Å². The molecule has 1 aromatic carbocycles. The summed E-state index contributed by atoms with van der Waals surface area (Å²) in [5.74, 6) is 0. The summed E-state index contributed by atoms with van der Waals surface area (Å²) in [5.41, 5.74) is 5.38. The SMILES string of the molecule is CCc1cccc2c(CNC)c(C)[nH]c12. The smallest absolute Gasteiger partial charge is 0.0491 e. The average molecular weight is 202 g/mol. The summed E-state index contributed by atoms with van der Waals surface area (Å²) in [6.07, 6.45) is 1.08. The molecule has 2 nitrogen and oxygen atoms in total. The van der Waals surface area contributed by atoms with Gasteiger partial charge in [0.1, 0.15) is 0 Å². The Morgan fingerprint density at radius 1 is 1.33 bits per heavy atom. The average Bonchev–Trinajstić information content (AvgIpc) is 2.56. The van der Waals surface area contributed by atoms with Crippen molar-refractivity contribution in [1.29, 1.82) is 0 Å². The summed E-state index contributed by atoms with van der Waals surface area (Å²) in [7, 11) is 1.99. The number of hydrogen-bond acceptors (Lipinski definition) is 1. The zero-order valence-electron chi connectivity index (χ0n) is 9.65. The Bertz CT molecular complexity index is 469. The third-order valence-electron chi connectivity index (χ3n) is 2.98. The van der Waals surface area contributed by atoms with E-state index < -0.39 is 0 Å². The van der Waals surface area contributed by atoms with Gasteiger partial charge in [0, 0.05) is 23.1 Å². The van der Waals surface area contributed by atoms with Gasteiger partial charge in [-0.1, -0.05) is 25.1 Å². The highest BCUT2D eigenvalue weighted by Gasteiger charge is 2.09. The van der Waals surface area contributed by atoms with Crippen LogP contribution in [0.4, 0.5) is 0 Å². The second-order valence-electron chi connectivity index (χ2n) is 3.95. The second-order valence-corrected chi connectivity index (χ2v) is 3.95. The zero-order chi connectivity index (χ0) is 10.8. The summed E-state index contributed by atoms with van der Waals surface area (Å²) < 4.78 is 0. The number of benzene rings is 1. The van der Waals surface area contributed by atoms with Gasteiger partial charge in [0.05, 0.1) is 0 Å². The third kappa shape index (κ3) is 1.65. The minimum Gasteiger partial charge on any atom is -0.358 e. The maximum Gasteiger partial charge on any atom is 0.0491 e. The molecule has 0 bridgehead atoms. The molecule has 0 aliphatic carbocycles. The Morgan fingerprint density at radius 2 is 2.13 bits per heavy atom. The van der Waals surface area contributed by atoms with E-state index in [4.69, 9.17) is 0 Å². The van der Waals surface area contributed by atoms with E-state index in [0.29, 0.717) is 0 Å². The number of aromatic nitrogens is 1. The monoisotopic (exact) mass is 202 g/mol. The van der Waals surface area contributed by atoms with Crippen molar-refractivity contribution in [3.8, 4) is 0 Å². The molecule has 80 valence electrons. The summed E-state index contributed by atoms with van der Waals surface area (Å²) in [4.78, 5) is 3.49. The Hall–Kier alpha value is -1.28. The summed E-state index contributed by atoms with van der Waals surface area (Å²) >= 11 is 0. The largest absolute Gasteiger partial charge is 0.358 e. The van der Waals surface area contributed by atoms with Crippen LogP contribution in [-0.2, 0) is 13.0 Å². The van der Waals surface area contributed by atoms with Gasteiger partial charge in [-0.15, -0.1) is 0 Å². The number of hydrogen-bond donors (Lipinski definition) is 2. The van der Waals surface area contributed by atoms with Crippen molar-refractivity contribution in [2.75, 3.05) is 7.05 Å². The van der Waals surface area contributed by atoms with Gasteiger partial charge < -0.3 is 10.3 Å². The van der Waals surface area contributed by atoms with Crippen LogP contribution in [0.5, 0.6) is 0 Å². The summed E-state index contributed by atoms with van der Waals surface area (Å²) in [6, 6.07) is 6.54. The van der Waals surface area contributed by atoms with Crippen LogP contribution in [0.25, 0.3) is 10.9 Å². The second kappa shape index (κ2) is 4.07. The first-order valence-electron chi connectivity index (χ1n) is 5.51. The van der Waals surface area contributed by atoms with Crippen molar-refractivity contribution >= 4 is 10.9 Å². The lowest BCUT2D eigenvalue weighted by Gasteiger charge is -2.01. The summed E-state index contributed by atoms with van der Waals surface area (Å²) in [5, 5.41) is 4.58. The maximum absolute atomic E-state index is 3.49.